The summed E-state index contributed by atoms with van der Waals surface area (Å²) in [4.78, 5) is 25.9. The van der Waals surface area contributed by atoms with Crippen molar-refractivity contribution >= 4 is 11.8 Å². The van der Waals surface area contributed by atoms with E-state index in [-0.39, 0.29) is 30.2 Å². The van der Waals surface area contributed by atoms with Gasteiger partial charge in [-0.2, -0.15) is 0 Å². The lowest BCUT2D eigenvalue weighted by Crippen LogP contribution is -2.48. The lowest BCUT2D eigenvalue weighted by Gasteiger charge is -2.37. The highest BCUT2D eigenvalue weighted by molar-refractivity contribution is 6.05. The summed E-state index contributed by atoms with van der Waals surface area (Å²) < 4.78 is 0. The normalized spacial score (nSPS) is 42.8. The molecule has 0 bridgehead atoms. The van der Waals surface area contributed by atoms with E-state index in [9.17, 15) is 14.7 Å². The van der Waals surface area contributed by atoms with Crippen LogP contribution in [0.5, 0.6) is 0 Å². The van der Waals surface area contributed by atoms with Crippen LogP contribution in [0.4, 0.5) is 0 Å². The third kappa shape index (κ3) is 2.20. The third-order valence-electron chi connectivity index (χ3n) is 5.34. The number of β-amino-alcohol motifs (C(OH)–C–C–N with tert-alkyl or cyclic N) is 1. The molecule has 3 aliphatic rings. The molecule has 1 heterocycles. The maximum Gasteiger partial charge on any atom is 0.233 e. The lowest BCUT2D eigenvalue weighted by molar-refractivity contribution is -0.145. The van der Waals surface area contributed by atoms with E-state index in [1.54, 1.807) is 0 Å². The molecule has 4 nitrogen and oxygen atoms in total. The second-order valence-electron chi connectivity index (χ2n) is 6.81. The van der Waals surface area contributed by atoms with E-state index in [1.807, 2.05) is 0 Å². The molecule has 1 N–H and O–H groups in total. The molecule has 0 radical (unpaired) electrons. The number of carbonyl (C=O) groups excluding carboxylic acids is 2. The predicted molar refractivity (Wildman–Crippen MR) is 70.1 cm³/mol. The van der Waals surface area contributed by atoms with Crippen molar-refractivity contribution < 1.29 is 14.7 Å². The number of rotatable bonds is 2. The van der Waals surface area contributed by atoms with Gasteiger partial charge in [0.1, 0.15) is 0 Å². The molecule has 1 aliphatic heterocycles. The second-order valence-corrected chi connectivity index (χ2v) is 6.81. The first-order valence-corrected chi connectivity index (χ1v) is 7.58. The Morgan fingerprint density at radius 3 is 2.16 bits per heavy atom. The minimum Gasteiger partial charge on any atom is -0.388 e. The Morgan fingerprint density at radius 1 is 1.11 bits per heavy atom. The molecular weight excluding hydrogens is 242 g/mol. The molecule has 2 atom stereocenters. The molecule has 3 rings (SSSR count). The van der Waals surface area contributed by atoms with Crippen molar-refractivity contribution in [3.05, 3.63) is 0 Å². The fourth-order valence-electron chi connectivity index (χ4n) is 3.97. The summed E-state index contributed by atoms with van der Waals surface area (Å²) in [6, 6.07) is 0. The van der Waals surface area contributed by atoms with Crippen molar-refractivity contribution in [3.63, 3.8) is 0 Å². The summed E-state index contributed by atoms with van der Waals surface area (Å²) in [6.45, 7) is 2.42. The number of aliphatic hydroxyl groups is 1. The summed E-state index contributed by atoms with van der Waals surface area (Å²) in [5, 5.41) is 10.6. The van der Waals surface area contributed by atoms with Gasteiger partial charge in [-0.1, -0.05) is 13.3 Å². The van der Waals surface area contributed by atoms with Gasteiger partial charge in [-0.25, -0.2) is 0 Å². The molecule has 0 aromatic rings. The summed E-state index contributed by atoms with van der Waals surface area (Å²) in [7, 11) is 0. The van der Waals surface area contributed by atoms with Crippen molar-refractivity contribution in [3.8, 4) is 0 Å². The smallest absolute Gasteiger partial charge is 0.233 e. The Kier molecular flexibility index (Phi) is 3.16. The average Bonchev–Trinajstić information content (AvgIpc) is 2.94. The van der Waals surface area contributed by atoms with Crippen LogP contribution in [0.1, 0.15) is 51.9 Å². The highest BCUT2D eigenvalue weighted by Gasteiger charge is 2.51. The number of amides is 2. The number of carbonyl (C=O) groups is 2. The van der Waals surface area contributed by atoms with Gasteiger partial charge >= 0.3 is 0 Å². The molecule has 3 fully saturated rings. The zero-order valence-corrected chi connectivity index (χ0v) is 11.6. The third-order valence-corrected chi connectivity index (χ3v) is 5.34. The minimum absolute atomic E-state index is 0.0282. The topological polar surface area (TPSA) is 57.6 Å². The number of nitrogens with zero attached hydrogens (tertiary/aromatic N) is 1. The summed E-state index contributed by atoms with van der Waals surface area (Å²) in [6.07, 6.45) is 6.07. The highest BCUT2D eigenvalue weighted by atomic mass is 16.3. The summed E-state index contributed by atoms with van der Waals surface area (Å²) in [5.41, 5.74) is -0.837. The van der Waals surface area contributed by atoms with Crippen LogP contribution in [0.2, 0.25) is 0 Å². The van der Waals surface area contributed by atoms with Gasteiger partial charge in [-0.05, 0) is 44.4 Å². The number of hydrogen-bond acceptors (Lipinski definition) is 3. The number of likely N-dealkylation sites (tertiary alicyclic amines) is 1. The number of hydrogen-bond donors (Lipinski definition) is 1. The van der Waals surface area contributed by atoms with Crippen LogP contribution in [0.15, 0.2) is 0 Å². The molecule has 106 valence electrons. The zero-order valence-electron chi connectivity index (χ0n) is 11.6. The quantitative estimate of drug-likeness (QED) is 0.773. The van der Waals surface area contributed by atoms with Gasteiger partial charge in [0.05, 0.1) is 24.0 Å². The Morgan fingerprint density at radius 2 is 1.63 bits per heavy atom. The molecule has 2 aliphatic carbocycles. The van der Waals surface area contributed by atoms with Gasteiger partial charge in [0.2, 0.25) is 11.8 Å². The van der Waals surface area contributed by atoms with Crippen molar-refractivity contribution in [2.75, 3.05) is 6.54 Å². The van der Waals surface area contributed by atoms with E-state index >= 15 is 0 Å². The molecule has 2 unspecified atom stereocenters. The highest BCUT2D eigenvalue weighted by Crippen LogP contribution is 2.41. The van der Waals surface area contributed by atoms with Crippen LogP contribution >= 0.6 is 0 Å². The Labute approximate surface area is 114 Å². The van der Waals surface area contributed by atoms with E-state index in [1.165, 1.54) is 4.90 Å². The summed E-state index contributed by atoms with van der Waals surface area (Å²) >= 11 is 0. The lowest BCUT2D eigenvalue weighted by atomic mass is 9.79. The van der Waals surface area contributed by atoms with Crippen molar-refractivity contribution in [1.29, 1.82) is 0 Å². The molecule has 19 heavy (non-hydrogen) atoms. The molecule has 0 spiro atoms. The van der Waals surface area contributed by atoms with Crippen LogP contribution in [0.25, 0.3) is 0 Å². The second kappa shape index (κ2) is 4.58. The van der Waals surface area contributed by atoms with Gasteiger partial charge in [-0.15, -0.1) is 0 Å². The van der Waals surface area contributed by atoms with Gasteiger partial charge in [-0.3, -0.25) is 14.5 Å². The molecule has 1 saturated heterocycles. The first-order chi connectivity index (χ1) is 9.00. The maximum atomic E-state index is 12.3. The number of fused-ring (bicyclic) bond motifs is 1. The predicted octanol–water partition coefficient (Wildman–Crippen LogP) is 1.71. The Bertz CT molecular complexity index is 376. The first kappa shape index (κ1) is 13.1. The molecule has 2 saturated carbocycles. The fourth-order valence-corrected chi connectivity index (χ4v) is 3.97. The monoisotopic (exact) mass is 265 g/mol. The van der Waals surface area contributed by atoms with E-state index in [0.717, 1.165) is 32.1 Å². The van der Waals surface area contributed by atoms with E-state index in [4.69, 9.17) is 0 Å². The summed E-state index contributed by atoms with van der Waals surface area (Å²) in [5.74, 6) is 0.418. The molecular formula is C15H23NO3. The van der Waals surface area contributed by atoms with Crippen LogP contribution in [-0.4, -0.2) is 34.0 Å². The van der Waals surface area contributed by atoms with Crippen molar-refractivity contribution in [2.24, 2.45) is 17.8 Å². The maximum absolute atomic E-state index is 12.3. The Hall–Kier alpha value is -0.900. The van der Waals surface area contributed by atoms with Gasteiger partial charge < -0.3 is 5.11 Å². The van der Waals surface area contributed by atoms with Crippen molar-refractivity contribution in [1.82, 2.24) is 4.90 Å². The van der Waals surface area contributed by atoms with Gasteiger partial charge in [0.15, 0.2) is 0 Å². The Balaban J connectivity index is 1.70. The fraction of sp³-hybridized carbons (Fsp3) is 0.867. The van der Waals surface area contributed by atoms with Crippen LogP contribution in [-0.2, 0) is 9.59 Å². The molecule has 0 aromatic heterocycles. The molecule has 0 aromatic carbocycles. The minimum atomic E-state index is -0.837. The van der Waals surface area contributed by atoms with Crippen LogP contribution < -0.4 is 0 Å². The van der Waals surface area contributed by atoms with E-state index in [2.05, 4.69) is 6.92 Å². The van der Waals surface area contributed by atoms with E-state index < -0.39 is 5.60 Å². The van der Waals surface area contributed by atoms with E-state index in [0.29, 0.717) is 18.8 Å². The molecule has 2 amide bonds. The largest absolute Gasteiger partial charge is 0.388 e. The standard InChI is InChI=1S/C15H23NO3/c1-10-5-7-15(19,8-6-10)9-16-13(17)11-3-2-4-12(11)14(16)18/h10-12,19H,2-9H2,1H3. The van der Waals surface area contributed by atoms with Gasteiger partial charge in [0.25, 0.3) is 0 Å². The van der Waals surface area contributed by atoms with Crippen LogP contribution in [0.3, 0.4) is 0 Å². The first-order valence-electron chi connectivity index (χ1n) is 7.58. The van der Waals surface area contributed by atoms with Crippen molar-refractivity contribution in [2.45, 2.75) is 57.5 Å². The number of imide groups is 1. The zero-order chi connectivity index (χ0) is 13.6. The SMILES string of the molecule is CC1CCC(O)(CN2C(=O)C3CCCC3C2=O)CC1. The van der Waals surface area contributed by atoms with Gasteiger partial charge in [0, 0.05) is 0 Å². The molecule has 4 heteroatoms. The average molecular weight is 265 g/mol. The van der Waals surface area contributed by atoms with Crippen LogP contribution in [0, 0.1) is 17.8 Å².